The van der Waals surface area contributed by atoms with Crippen LogP contribution >= 0.6 is 23.4 Å². The zero-order valence-corrected chi connectivity index (χ0v) is 19.2. The number of hydrogen-bond acceptors (Lipinski definition) is 4. The van der Waals surface area contributed by atoms with Gasteiger partial charge in [-0.25, -0.2) is 9.78 Å². The zero-order chi connectivity index (χ0) is 23.6. The van der Waals surface area contributed by atoms with E-state index in [1.165, 1.54) is 22.7 Å². The van der Waals surface area contributed by atoms with Crippen molar-refractivity contribution in [1.29, 1.82) is 0 Å². The normalized spacial score (nSPS) is 13.5. The fourth-order valence-electron chi connectivity index (χ4n) is 3.47. The first kappa shape index (κ1) is 23.4. The second-order valence-electron chi connectivity index (χ2n) is 7.63. The predicted molar refractivity (Wildman–Crippen MR) is 124 cm³/mol. The van der Waals surface area contributed by atoms with Crippen LogP contribution in [0.5, 0.6) is 0 Å². The average molecular weight is 493 g/mol. The standard InChI is InChI=1S/C23H20ClF3N4OS/c1-14-7-8-17(24)19(10-14)29-22(32)31-9-3-6-18-21(31)30-20(12-28-18)33-13-15-4-2-5-16(11-15)23(25,26)27/h2,4-5,7-8,10-12H,3,6,9,13H2,1H3,(H,29,32). The summed E-state index contributed by atoms with van der Waals surface area (Å²) in [6.07, 6.45) is -1.36. The van der Waals surface area contributed by atoms with Gasteiger partial charge in [0.25, 0.3) is 0 Å². The third kappa shape index (κ3) is 5.59. The van der Waals surface area contributed by atoms with Gasteiger partial charge in [0, 0.05) is 12.3 Å². The Morgan fingerprint density at radius 3 is 2.85 bits per heavy atom. The molecule has 172 valence electrons. The van der Waals surface area contributed by atoms with Crippen LogP contribution in [0.15, 0.2) is 53.7 Å². The molecule has 5 nitrogen and oxygen atoms in total. The zero-order valence-electron chi connectivity index (χ0n) is 17.6. The van der Waals surface area contributed by atoms with Gasteiger partial charge in [-0.15, -0.1) is 11.8 Å². The highest BCUT2D eigenvalue weighted by Crippen LogP contribution is 2.32. The number of hydrogen-bond donors (Lipinski definition) is 1. The number of aryl methyl sites for hydroxylation is 2. The summed E-state index contributed by atoms with van der Waals surface area (Å²) in [6.45, 7) is 2.38. The minimum Gasteiger partial charge on any atom is -0.306 e. The highest BCUT2D eigenvalue weighted by molar-refractivity contribution is 7.98. The van der Waals surface area contributed by atoms with E-state index < -0.39 is 11.7 Å². The predicted octanol–water partition coefficient (Wildman–Crippen LogP) is 6.73. The maximum Gasteiger partial charge on any atom is 0.416 e. The Hall–Kier alpha value is -2.78. The topological polar surface area (TPSA) is 58.1 Å². The molecule has 3 aromatic rings. The number of nitrogens with one attached hydrogen (secondary N) is 1. The van der Waals surface area contributed by atoms with Crippen molar-refractivity contribution in [3.8, 4) is 0 Å². The smallest absolute Gasteiger partial charge is 0.306 e. The van der Waals surface area contributed by atoms with Crippen molar-refractivity contribution >= 4 is 40.9 Å². The average Bonchev–Trinajstić information content (AvgIpc) is 2.79. The Balaban J connectivity index is 1.51. The quantitative estimate of drug-likeness (QED) is 0.410. The number of carbonyl (C=O) groups is 1. The number of aromatic nitrogens is 2. The molecule has 33 heavy (non-hydrogen) atoms. The van der Waals surface area contributed by atoms with Crippen LogP contribution in [0.1, 0.15) is 28.8 Å². The summed E-state index contributed by atoms with van der Waals surface area (Å²) in [5.41, 5.74) is 2.02. The van der Waals surface area contributed by atoms with E-state index in [1.807, 2.05) is 13.0 Å². The highest BCUT2D eigenvalue weighted by Gasteiger charge is 2.30. The molecule has 0 fully saturated rings. The Kier molecular flexibility index (Phi) is 6.81. The summed E-state index contributed by atoms with van der Waals surface area (Å²) in [6, 6.07) is 10.2. The fourth-order valence-corrected chi connectivity index (χ4v) is 4.41. The molecule has 1 aliphatic rings. The third-order valence-electron chi connectivity index (χ3n) is 5.11. The molecule has 0 aliphatic carbocycles. The Bertz CT molecular complexity index is 1190. The van der Waals surface area contributed by atoms with Gasteiger partial charge in [0.1, 0.15) is 5.03 Å². The number of thioether (sulfide) groups is 1. The van der Waals surface area contributed by atoms with Crippen LogP contribution in [0.2, 0.25) is 5.02 Å². The number of halogens is 4. The molecule has 0 spiro atoms. The first-order valence-corrected chi connectivity index (χ1v) is 11.6. The summed E-state index contributed by atoms with van der Waals surface area (Å²) < 4.78 is 38.9. The van der Waals surface area contributed by atoms with Crippen LogP contribution in [0.4, 0.5) is 29.5 Å². The number of alkyl halides is 3. The molecule has 1 N–H and O–H groups in total. The lowest BCUT2D eigenvalue weighted by Gasteiger charge is -2.28. The SMILES string of the molecule is Cc1ccc(Cl)c(NC(=O)N2CCCc3ncc(SCc4cccc(C(F)(F)F)c4)nc32)c1. The number of amides is 2. The van der Waals surface area contributed by atoms with Crippen LogP contribution in [0, 0.1) is 6.92 Å². The number of anilines is 2. The molecule has 2 amide bonds. The van der Waals surface area contributed by atoms with Crippen molar-refractivity contribution in [1.82, 2.24) is 9.97 Å². The lowest BCUT2D eigenvalue weighted by atomic mass is 10.1. The van der Waals surface area contributed by atoms with E-state index in [2.05, 4.69) is 15.3 Å². The maximum absolute atomic E-state index is 13.0. The third-order valence-corrected chi connectivity index (χ3v) is 6.41. The van der Waals surface area contributed by atoms with E-state index in [0.717, 1.165) is 24.1 Å². The summed E-state index contributed by atoms with van der Waals surface area (Å²) in [7, 11) is 0. The van der Waals surface area contributed by atoms with E-state index in [9.17, 15) is 18.0 Å². The van der Waals surface area contributed by atoms with Gasteiger partial charge in [-0.2, -0.15) is 13.2 Å². The number of carbonyl (C=O) groups excluding carboxylic acids is 1. The molecule has 0 saturated heterocycles. The van der Waals surface area contributed by atoms with Gasteiger partial charge in [-0.3, -0.25) is 9.88 Å². The summed E-state index contributed by atoms with van der Waals surface area (Å²) in [5, 5.41) is 3.79. The van der Waals surface area contributed by atoms with Gasteiger partial charge < -0.3 is 5.32 Å². The van der Waals surface area contributed by atoms with Crippen LogP contribution in [0.25, 0.3) is 0 Å². The molecule has 1 aliphatic heterocycles. The molecule has 0 unspecified atom stereocenters. The molecule has 4 rings (SSSR count). The van der Waals surface area contributed by atoms with Crippen molar-refractivity contribution in [2.75, 3.05) is 16.8 Å². The summed E-state index contributed by atoms with van der Waals surface area (Å²) in [4.78, 5) is 23.6. The molecule has 2 aromatic carbocycles. The number of fused-ring (bicyclic) bond motifs is 1. The van der Waals surface area contributed by atoms with Crippen molar-refractivity contribution in [3.05, 3.63) is 76.1 Å². The van der Waals surface area contributed by atoms with Gasteiger partial charge in [0.15, 0.2) is 5.82 Å². The van der Waals surface area contributed by atoms with E-state index >= 15 is 0 Å². The molecule has 1 aromatic heterocycles. The fraction of sp³-hybridized carbons (Fsp3) is 0.261. The second kappa shape index (κ2) is 9.61. The van der Waals surface area contributed by atoms with Crippen molar-refractivity contribution < 1.29 is 18.0 Å². The Morgan fingerprint density at radius 1 is 1.24 bits per heavy atom. The Labute approximate surface area is 198 Å². The largest absolute Gasteiger partial charge is 0.416 e. The first-order valence-electron chi connectivity index (χ1n) is 10.2. The van der Waals surface area contributed by atoms with Gasteiger partial charge >= 0.3 is 12.2 Å². The van der Waals surface area contributed by atoms with Gasteiger partial charge in [0.05, 0.1) is 28.2 Å². The second-order valence-corrected chi connectivity index (χ2v) is 9.04. The number of rotatable bonds is 4. The van der Waals surface area contributed by atoms with E-state index in [-0.39, 0.29) is 6.03 Å². The van der Waals surface area contributed by atoms with E-state index in [1.54, 1.807) is 24.4 Å². The molecule has 0 atom stereocenters. The minimum atomic E-state index is -4.39. The van der Waals surface area contributed by atoms with Crippen LogP contribution < -0.4 is 10.2 Å². The monoisotopic (exact) mass is 492 g/mol. The van der Waals surface area contributed by atoms with Crippen LogP contribution in [-0.2, 0) is 18.3 Å². The number of nitrogens with zero attached hydrogens (tertiary/aromatic N) is 3. The molecular formula is C23H20ClF3N4OS. The molecule has 2 heterocycles. The Morgan fingerprint density at radius 2 is 2.06 bits per heavy atom. The molecule has 0 bridgehead atoms. The van der Waals surface area contributed by atoms with Crippen LogP contribution in [0.3, 0.4) is 0 Å². The lowest BCUT2D eigenvalue weighted by molar-refractivity contribution is -0.137. The van der Waals surface area contributed by atoms with E-state index in [0.29, 0.717) is 51.5 Å². The summed E-state index contributed by atoms with van der Waals surface area (Å²) in [5.74, 6) is 0.749. The van der Waals surface area contributed by atoms with Gasteiger partial charge in [0.2, 0.25) is 0 Å². The number of urea groups is 1. The van der Waals surface area contributed by atoms with Crippen LogP contribution in [-0.4, -0.2) is 22.5 Å². The van der Waals surface area contributed by atoms with Gasteiger partial charge in [-0.05, 0) is 49.1 Å². The maximum atomic E-state index is 13.0. The minimum absolute atomic E-state index is 0.294. The molecule has 0 saturated carbocycles. The highest BCUT2D eigenvalue weighted by atomic mass is 35.5. The molecular weight excluding hydrogens is 473 g/mol. The summed E-state index contributed by atoms with van der Waals surface area (Å²) >= 11 is 7.48. The van der Waals surface area contributed by atoms with Crippen molar-refractivity contribution in [2.45, 2.75) is 36.7 Å². The molecule has 10 heteroatoms. The van der Waals surface area contributed by atoms with Crippen molar-refractivity contribution in [2.24, 2.45) is 0 Å². The lowest BCUT2D eigenvalue weighted by Crippen LogP contribution is -2.39. The molecule has 0 radical (unpaired) electrons. The number of benzene rings is 2. The first-order chi connectivity index (χ1) is 15.7. The van der Waals surface area contributed by atoms with Gasteiger partial charge in [-0.1, -0.05) is 35.9 Å². The van der Waals surface area contributed by atoms with E-state index in [4.69, 9.17) is 11.6 Å². The van der Waals surface area contributed by atoms with Crippen molar-refractivity contribution in [3.63, 3.8) is 0 Å².